The van der Waals surface area contributed by atoms with Crippen LogP contribution in [-0.4, -0.2) is 25.2 Å². The topological polar surface area (TPSA) is 66.6 Å². The number of rotatable bonds is 8. The Morgan fingerprint density at radius 3 is 2.52 bits per heavy atom. The predicted octanol–water partition coefficient (Wildman–Crippen LogP) is 0.647. The van der Waals surface area contributed by atoms with Crippen molar-refractivity contribution < 1.29 is 20.2 Å². The molecule has 0 spiro atoms. The molecule has 4 heteroatoms. The van der Waals surface area contributed by atoms with E-state index in [0.717, 1.165) is 35.7 Å². The van der Waals surface area contributed by atoms with Crippen LogP contribution in [0.1, 0.15) is 30.8 Å². The highest BCUT2D eigenvalue weighted by molar-refractivity contribution is 5.58. The Bertz CT molecular complexity index is 532. The molecule has 0 radical (unpaired) electrons. The van der Waals surface area contributed by atoms with Gasteiger partial charge in [0.2, 0.25) is 0 Å². The average Bonchev–Trinajstić information content (AvgIpc) is 2.96. The first-order chi connectivity index (χ1) is 10.2. The number of quaternary nitrogens is 2. The maximum atomic E-state index is 9.52. The van der Waals surface area contributed by atoms with Gasteiger partial charge < -0.3 is 20.2 Å². The normalized spacial score (nSPS) is 12.5. The van der Waals surface area contributed by atoms with Gasteiger partial charge in [-0.2, -0.15) is 0 Å². The SMILES string of the molecule is C[NH2+]CCC[NH2+]Cc1ccc(-c2ccc([C@@H](C)O)cc2)o1. The zero-order valence-electron chi connectivity index (χ0n) is 12.9. The van der Waals surface area contributed by atoms with Crippen molar-refractivity contribution in [3.63, 3.8) is 0 Å². The van der Waals surface area contributed by atoms with Crippen molar-refractivity contribution in [1.29, 1.82) is 0 Å². The summed E-state index contributed by atoms with van der Waals surface area (Å²) in [5.74, 6) is 1.89. The lowest BCUT2D eigenvalue weighted by Gasteiger charge is -2.04. The maximum absolute atomic E-state index is 9.52. The van der Waals surface area contributed by atoms with Crippen molar-refractivity contribution in [2.75, 3.05) is 20.1 Å². The minimum Gasteiger partial charge on any atom is -0.455 e. The molecule has 114 valence electrons. The third-order valence-electron chi connectivity index (χ3n) is 3.59. The van der Waals surface area contributed by atoms with Gasteiger partial charge in [0.25, 0.3) is 0 Å². The highest BCUT2D eigenvalue weighted by atomic mass is 16.3. The molecule has 0 aliphatic carbocycles. The van der Waals surface area contributed by atoms with E-state index in [9.17, 15) is 5.11 Å². The molecule has 0 unspecified atom stereocenters. The summed E-state index contributed by atoms with van der Waals surface area (Å²) in [6, 6.07) is 11.9. The molecule has 21 heavy (non-hydrogen) atoms. The fourth-order valence-corrected chi connectivity index (χ4v) is 2.28. The second-order valence-corrected chi connectivity index (χ2v) is 5.40. The van der Waals surface area contributed by atoms with Crippen molar-refractivity contribution >= 4 is 0 Å². The molecule has 1 atom stereocenters. The van der Waals surface area contributed by atoms with Crippen LogP contribution in [-0.2, 0) is 6.54 Å². The van der Waals surface area contributed by atoms with Gasteiger partial charge in [0.05, 0.1) is 26.2 Å². The summed E-state index contributed by atoms with van der Waals surface area (Å²) < 4.78 is 5.88. The molecular formula is C17H26N2O2+2. The van der Waals surface area contributed by atoms with E-state index in [-0.39, 0.29) is 0 Å². The second-order valence-electron chi connectivity index (χ2n) is 5.40. The van der Waals surface area contributed by atoms with Crippen LogP contribution in [0.25, 0.3) is 11.3 Å². The van der Waals surface area contributed by atoms with Gasteiger partial charge in [0, 0.05) is 12.0 Å². The number of nitrogens with two attached hydrogens (primary N) is 2. The second kappa shape index (κ2) is 7.98. The third kappa shape index (κ3) is 4.70. The molecule has 0 fully saturated rings. The quantitative estimate of drug-likeness (QED) is 0.625. The van der Waals surface area contributed by atoms with Crippen molar-refractivity contribution in [3.05, 3.63) is 47.7 Å². The van der Waals surface area contributed by atoms with Gasteiger partial charge in [-0.3, -0.25) is 0 Å². The summed E-state index contributed by atoms with van der Waals surface area (Å²) in [6.07, 6.45) is 0.784. The van der Waals surface area contributed by atoms with Crippen LogP contribution < -0.4 is 10.6 Å². The van der Waals surface area contributed by atoms with Crippen LogP contribution in [0.5, 0.6) is 0 Å². The summed E-state index contributed by atoms with van der Waals surface area (Å²) in [5.41, 5.74) is 1.97. The van der Waals surface area contributed by atoms with E-state index in [4.69, 9.17) is 4.42 Å². The molecule has 2 aromatic rings. The lowest BCUT2D eigenvalue weighted by molar-refractivity contribution is -0.683. The van der Waals surface area contributed by atoms with E-state index in [1.807, 2.05) is 36.4 Å². The summed E-state index contributed by atoms with van der Waals surface area (Å²) in [4.78, 5) is 0. The molecule has 0 aliphatic rings. The first-order valence-corrected chi connectivity index (χ1v) is 7.67. The molecule has 0 saturated heterocycles. The maximum Gasteiger partial charge on any atom is 0.158 e. The first kappa shape index (κ1) is 15.8. The van der Waals surface area contributed by atoms with Crippen LogP contribution >= 0.6 is 0 Å². The zero-order chi connectivity index (χ0) is 15.1. The molecule has 2 rings (SSSR count). The highest BCUT2D eigenvalue weighted by Crippen LogP contribution is 2.23. The van der Waals surface area contributed by atoms with Gasteiger partial charge in [0.15, 0.2) is 5.76 Å². The molecule has 1 aromatic heterocycles. The monoisotopic (exact) mass is 290 g/mol. The Labute approximate surface area is 126 Å². The summed E-state index contributed by atoms with van der Waals surface area (Å²) >= 11 is 0. The highest BCUT2D eigenvalue weighted by Gasteiger charge is 2.07. The van der Waals surface area contributed by atoms with Crippen molar-refractivity contribution in [2.24, 2.45) is 0 Å². The van der Waals surface area contributed by atoms with E-state index in [1.54, 1.807) is 6.92 Å². The standard InChI is InChI=1S/C17H24N2O2/c1-13(20)14-4-6-15(7-5-14)17-9-8-16(21-17)12-19-11-3-10-18-2/h4-9,13,18-20H,3,10-12H2,1-2H3/p+2/t13-/m1/s1. The van der Waals surface area contributed by atoms with Crippen LogP contribution in [0.3, 0.4) is 0 Å². The van der Waals surface area contributed by atoms with Gasteiger partial charge in [0.1, 0.15) is 12.3 Å². The number of hydrogen-bond acceptors (Lipinski definition) is 2. The van der Waals surface area contributed by atoms with Crippen molar-refractivity contribution in [1.82, 2.24) is 0 Å². The van der Waals surface area contributed by atoms with Gasteiger partial charge in [-0.25, -0.2) is 0 Å². The molecular weight excluding hydrogens is 264 g/mol. The minimum absolute atomic E-state index is 0.429. The van der Waals surface area contributed by atoms with E-state index in [2.05, 4.69) is 17.7 Å². The fraction of sp³-hybridized carbons (Fsp3) is 0.412. The van der Waals surface area contributed by atoms with E-state index in [1.165, 1.54) is 13.0 Å². The van der Waals surface area contributed by atoms with Gasteiger partial charge in [-0.05, 0) is 24.6 Å². The Kier molecular flexibility index (Phi) is 5.99. The molecule has 0 saturated carbocycles. The summed E-state index contributed by atoms with van der Waals surface area (Å²) in [6.45, 7) is 4.96. The average molecular weight is 290 g/mol. The van der Waals surface area contributed by atoms with Crippen molar-refractivity contribution in [2.45, 2.75) is 26.0 Å². The van der Waals surface area contributed by atoms with Crippen LogP contribution in [0, 0.1) is 0 Å². The molecule has 0 aliphatic heterocycles. The minimum atomic E-state index is -0.429. The molecule has 0 bridgehead atoms. The van der Waals surface area contributed by atoms with E-state index >= 15 is 0 Å². The van der Waals surface area contributed by atoms with E-state index < -0.39 is 6.10 Å². The van der Waals surface area contributed by atoms with E-state index in [0.29, 0.717) is 0 Å². The number of benzene rings is 1. The Hall–Kier alpha value is -1.62. The first-order valence-electron chi connectivity index (χ1n) is 7.67. The molecule has 1 aromatic carbocycles. The van der Waals surface area contributed by atoms with Crippen LogP contribution in [0.2, 0.25) is 0 Å². The van der Waals surface area contributed by atoms with Crippen molar-refractivity contribution in [3.8, 4) is 11.3 Å². The summed E-state index contributed by atoms with van der Waals surface area (Å²) in [5, 5.41) is 14.0. The van der Waals surface area contributed by atoms with Gasteiger partial charge in [-0.15, -0.1) is 0 Å². The largest absolute Gasteiger partial charge is 0.455 e. The number of furan rings is 1. The predicted molar refractivity (Wildman–Crippen MR) is 82.6 cm³/mol. The van der Waals surface area contributed by atoms with Crippen LogP contribution in [0.15, 0.2) is 40.8 Å². The number of aliphatic hydroxyl groups excluding tert-OH is 1. The molecule has 0 amide bonds. The Morgan fingerprint density at radius 1 is 1.10 bits per heavy atom. The van der Waals surface area contributed by atoms with Gasteiger partial charge >= 0.3 is 0 Å². The Balaban J connectivity index is 1.90. The Morgan fingerprint density at radius 2 is 1.86 bits per heavy atom. The zero-order valence-corrected chi connectivity index (χ0v) is 12.9. The lowest BCUT2D eigenvalue weighted by Crippen LogP contribution is -2.85. The molecule has 5 N–H and O–H groups in total. The molecule has 4 nitrogen and oxygen atoms in total. The smallest absolute Gasteiger partial charge is 0.158 e. The lowest BCUT2D eigenvalue weighted by atomic mass is 10.1. The van der Waals surface area contributed by atoms with Gasteiger partial charge in [-0.1, -0.05) is 24.3 Å². The number of aliphatic hydroxyl groups is 1. The third-order valence-corrected chi connectivity index (χ3v) is 3.59. The van der Waals surface area contributed by atoms with Crippen LogP contribution in [0.4, 0.5) is 0 Å². The molecule has 1 heterocycles. The number of hydrogen-bond donors (Lipinski definition) is 3. The fourth-order valence-electron chi connectivity index (χ4n) is 2.28. The summed E-state index contributed by atoms with van der Waals surface area (Å²) in [7, 11) is 2.10.